The van der Waals surface area contributed by atoms with Crippen LogP contribution in [0.4, 0.5) is 0 Å². The average molecular weight is 233 g/mol. The highest BCUT2D eigenvalue weighted by Gasteiger charge is 2.10. The van der Waals surface area contributed by atoms with Crippen molar-refractivity contribution in [1.29, 1.82) is 0 Å². The quantitative estimate of drug-likeness (QED) is 0.823. The van der Waals surface area contributed by atoms with Gasteiger partial charge in [0, 0.05) is 25.8 Å². The number of hydrogen-bond donors (Lipinski definition) is 1. The number of guanidine groups is 1. The van der Waals surface area contributed by atoms with Gasteiger partial charge in [-0.15, -0.1) is 0 Å². The fourth-order valence-electron chi connectivity index (χ4n) is 1.96. The summed E-state index contributed by atoms with van der Waals surface area (Å²) in [6, 6.07) is 2.00. The topological polar surface area (TPSA) is 53.4 Å². The molecule has 1 N–H and O–H groups in total. The molecule has 0 saturated heterocycles. The highest BCUT2D eigenvalue weighted by atomic mass is 15.3. The molecule has 0 saturated carbocycles. The summed E-state index contributed by atoms with van der Waals surface area (Å²) in [6.07, 6.45) is 1.13. The third-order valence-electron chi connectivity index (χ3n) is 2.72. The Labute approximate surface area is 102 Å². The third-order valence-corrected chi connectivity index (χ3v) is 2.72. The first-order chi connectivity index (χ1) is 8.15. The predicted octanol–water partition coefficient (Wildman–Crippen LogP) is 0.875. The minimum absolute atomic E-state index is 0.702. The minimum atomic E-state index is 0.702. The van der Waals surface area contributed by atoms with Crippen LogP contribution in [-0.2, 0) is 6.54 Å². The van der Waals surface area contributed by atoms with Crippen molar-refractivity contribution in [2.75, 3.05) is 20.1 Å². The molecule has 0 radical (unpaired) electrons. The number of rotatable bonds is 2. The number of aryl methyl sites for hydroxylation is 2. The second kappa shape index (κ2) is 5.12. The maximum absolute atomic E-state index is 4.46. The summed E-state index contributed by atoms with van der Waals surface area (Å²) in [5.41, 5.74) is 2.02. The molecular weight excluding hydrogens is 214 g/mol. The lowest BCUT2D eigenvalue weighted by molar-refractivity contribution is 0.445. The van der Waals surface area contributed by atoms with E-state index in [0.717, 1.165) is 42.7 Å². The van der Waals surface area contributed by atoms with Gasteiger partial charge >= 0.3 is 0 Å². The molecule has 1 aromatic rings. The van der Waals surface area contributed by atoms with Gasteiger partial charge in [0.25, 0.3) is 0 Å². The van der Waals surface area contributed by atoms with Crippen molar-refractivity contribution in [3.05, 3.63) is 23.3 Å². The minimum Gasteiger partial charge on any atom is -0.351 e. The summed E-state index contributed by atoms with van der Waals surface area (Å²) >= 11 is 0. The van der Waals surface area contributed by atoms with Crippen LogP contribution in [0.25, 0.3) is 0 Å². The highest BCUT2D eigenvalue weighted by Crippen LogP contribution is 2.02. The van der Waals surface area contributed by atoms with Crippen LogP contribution in [0, 0.1) is 13.8 Å². The SMILES string of the molecule is Cc1cc(CNC2=NCCCN2C)nc(C)n1. The Morgan fingerprint density at radius 2 is 2.18 bits per heavy atom. The zero-order chi connectivity index (χ0) is 12.3. The molecule has 0 unspecified atom stereocenters. The molecular formula is C12H19N5. The molecule has 5 nitrogen and oxygen atoms in total. The van der Waals surface area contributed by atoms with E-state index in [9.17, 15) is 0 Å². The predicted molar refractivity (Wildman–Crippen MR) is 67.9 cm³/mol. The van der Waals surface area contributed by atoms with Crippen LogP contribution in [0.2, 0.25) is 0 Å². The Kier molecular flexibility index (Phi) is 3.56. The van der Waals surface area contributed by atoms with Gasteiger partial charge in [-0.3, -0.25) is 4.99 Å². The van der Waals surface area contributed by atoms with Crippen molar-refractivity contribution in [1.82, 2.24) is 20.2 Å². The molecule has 0 amide bonds. The summed E-state index contributed by atoms with van der Waals surface area (Å²) in [4.78, 5) is 15.3. The normalized spacial score (nSPS) is 15.7. The van der Waals surface area contributed by atoms with Crippen molar-refractivity contribution in [2.24, 2.45) is 4.99 Å². The largest absolute Gasteiger partial charge is 0.351 e. The molecule has 5 heteroatoms. The lowest BCUT2D eigenvalue weighted by atomic mass is 10.3. The summed E-state index contributed by atoms with van der Waals surface area (Å²) in [5, 5.41) is 3.33. The van der Waals surface area contributed by atoms with Crippen molar-refractivity contribution in [2.45, 2.75) is 26.8 Å². The van der Waals surface area contributed by atoms with Gasteiger partial charge < -0.3 is 10.2 Å². The van der Waals surface area contributed by atoms with E-state index in [4.69, 9.17) is 0 Å². The van der Waals surface area contributed by atoms with E-state index in [1.807, 2.05) is 19.9 Å². The van der Waals surface area contributed by atoms with E-state index >= 15 is 0 Å². The van der Waals surface area contributed by atoms with Gasteiger partial charge in [-0.2, -0.15) is 0 Å². The number of hydrogen-bond acceptors (Lipinski definition) is 5. The molecule has 1 aliphatic rings. The maximum atomic E-state index is 4.46. The molecule has 92 valence electrons. The van der Waals surface area contributed by atoms with Gasteiger partial charge in [0.15, 0.2) is 5.96 Å². The number of aliphatic imine (C=N–C) groups is 1. The summed E-state index contributed by atoms with van der Waals surface area (Å²) in [7, 11) is 2.06. The number of aromatic nitrogens is 2. The standard InChI is InChI=1S/C12H19N5/c1-9-7-11(16-10(2)15-9)8-14-12-13-5-4-6-17(12)3/h7H,4-6,8H2,1-3H3,(H,13,14). The smallest absolute Gasteiger partial charge is 0.193 e. The molecule has 0 fully saturated rings. The molecule has 1 aliphatic heterocycles. The monoisotopic (exact) mass is 233 g/mol. The Bertz CT molecular complexity index is 407. The van der Waals surface area contributed by atoms with E-state index in [2.05, 4.69) is 32.2 Å². The van der Waals surface area contributed by atoms with E-state index in [-0.39, 0.29) is 0 Å². The lowest BCUT2D eigenvalue weighted by Gasteiger charge is -2.25. The van der Waals surface area contributed by atoms with Gasteiger partial charge in [0.1, 0.15) is 5.82 Å². The first kappa shape index (κ1) is 11.8. The molecule has 2 heterocycles. The average Bonchev–Trinajstić information content (AvgIpc) is 2.27. The maximum Gasteiger partial charge on any atom is 0.193 e. The first-order valence-corrected chi connectivity index (χ1v) is 5.96. The van der Waals surface area contributed by atoms with Crippen LogP contribution in [-0.4, -0.2) is 41.0 Å². The first-order valence-electron chi connectivity index (χ1n) is 5.96. The van der Waals surface area contributed by atoms with Crippen LogP contribution in [0.5, 0.6) is 0 Å². The van der Waals surface area contributed by atoms with Crippen molar-refractivity contribution < 1.29 is 0 Å². The van der Waals surface area contributed by atoms with Crippen LogP contribution in [0.3, 0.4) is 0 Å². The zero-order valence-corrected chi connectivity index (χ0v) is 10.7. The Morgan fingerprint density at radius 1 is 1.35 bits per heavy atom. The van der Waals surface area contributed by atoms with Crippen LogP contribution in [0.15, 0.2) is 11.1 Å². The van der Waals surface area contributed by atoms with Gasteiger partial charge in [-0.25, -0.2) is 9.97 Å². The fraction of sp³-hybridized carbons (Fsp3) is 0.583. The second-order valence-corrected chi connectivity index (χ2v) is 4.38. The molecule has 0 atom stereocenters. The number of nitrogens with one attached hydrogen (secondary N) is 1. The van der Waals surface area contributed by atoms with E-state index < -0.39 is 0 Å². The number of nitrogens with zero attached hydrogens (tertiary/aromatic N) is 4. The van der Waals surface area contributed by atoms with Crippen molar-refractivity contribution in [3.8, 4) is 0 Å². The molecule has 2 rings (SSSR count). The van der Waals surface area contributed by atoms with Gasteiger partial charge in [-0.1, -0.05) is 0 Å². The zero-order valence-electron chi connectivity index (χ0n) is 10.7. The fourth-order valence-corrected chi connectivity index (χ4v) is 1.96. The summed E-state index contributed by atoms with van der Waals surface area (Å²) in [6.45, 7) is 6.58. The van der Waals surface area contributed by atoms with Gasteiger partial charge in [0.05, 0.1) is 12.2 Å². The Balaban J connectivity index is 1.99. The van der Waals surface area contributed by atoms with Gasteiger partial charge in [-0.05, 0) is 26.3 Å². The third kappa shape index (κ3) is 3.15. The molecule has 0 spiro atoms. The van der Waals surface area contributed by atoms with Crippen molar-refractivity contribution in [3.63, 3.8) is 0 Å². The van der Waals surface area contributed by atoms with Crippen LogP contribution in [0.1, 0.15) is 23.6 Å². The molecule has 0 bridgehead atoms. The molecule has 0 aliphatic carbocycles. The van der Waals surface area contributed by atoms with Gasteiger partial charge in [0.2, 0.25) is 0 Å². The molecule has 1 aromatic heterocycles. The summed E-state index contributed by atoms with van der Waals surface area (Å²) < 4.78 is 0. The van der Waals surface area contributed by atoms with E-state index in [0.29, 0.717) is 6.54 Å². The molecule has 0 aromatic carbocycles. The van der Waals surface area contributed by atoms with Crippen LogP contribution >= 0.6 is 0 Å². The Morgan fingerprint density at radius 3 is 2.88 bits per heavy atom. The van der Waals surface area contributed by atoms with Crippen molar-refractivity contribution >= 4 is 5.96 Å². The van der Waals surface area contributed by atoms with E-state index in [1.165, 1.54) is 0 Å². The Hall–Kier alpha value is -1.65. The lowest BCUT2D eigenvalue weighted by Crippen LogP contribution is -2.41. The molecule has 17 heavy (non-hydrogen) atoms. The summed E-state index contributed by atoms with van der Waals surface area (Å²) in [5.74, 6) is 1.78. The van der Waals surface area contributed by atoms with Crippen LogP contribution < -0.4 is 5.32 Å². The highest BCUT2D eigenvalue weighted by molar-refractivity contribution is 5.80. The van der Waals surface area contributed by atoms with E-state index in [1.54, 1.807) is 0 Å². The second-order valence-electron chi connectivity index (χ2n) is 4.38.